The molecule has 0 unspecified atom stereocenters. The summed E-state index contributed by atoms with van der Waals surface area (Å²) in [5.74, 6) is 0.769. The molecule has 0 aliphatic heterocycles. The van der Waals surface area contributed by atoms with E-state index in [2.05, 4.69) is 25.6 Å². The van der Waals surface area contributed by atoms with Crippen LogP contribution in [0.2, 0.25) is 0 Å². The summed E-state index contributed by atoms with van der Waals surface area (Å²) >= 11 is 1.29. The molecule has 0 aliphatic rings. The highest BCUT2D eigenvalue weighted by molar-refractivity contribution is 7.99. The first-order chi connectivity index (χ1) is 14.5. The average Bonchev–Trinajstić information content (AvgIpc) is 3.34. The molecule has 4 aromatic rings. The molecule has 2 aromatic heterocycles. The number of benzene rings is 2. The lowest BCUT2D eigenvalue weighted by Crippen LogP contribution is -2.15. The van der Waals surface area contributed by atoms with Gasteiger partial charge in [-0.05, 0) is 32.9 Å². The number of H-pyrrole nitrogens is 1. The third-order valence-electron chi connectivity index (χ3n) is 4.68. The Bertz CT molecular complexity index is 1160. The number of anilines is 1. The van der Waals surface area contributed by atoms with Gasteiger partial charge in [0.2, 0.25) is 11.1 Å². The van der Waals surface area contributed by atoms with Crippen molar-refractivity contribution in [2.24, 2.45) is 0 Å². The van der Waals surface area contributed by atoms with E-state index in [4.69, 9.17) is 0 Å². The quantitative estimate of drug-likeness (QED) is 0.456. The molecule has 152 valence electrons. The van der Waals surface area contributed by atoms with Gasteiger partial charge in [-0.1, -0.05) is 59.8 Å². The van der Waals surface area contributed by atoms with Crippen molar-refractivity contribution in [1.29, 1.82) is 0 Å². The largest absolute Gasteiger partial charge is 0.322 e. The molecule has 0 atom stereocenters. The lowest BCUT2D eigenvalue weighted by Gasteiger charge is -2.07. The van der Waals surface area contributed by atoms with Crippen LogP contribution in [0, 0.1) is 20.8 Å². The number of aryl methyl sites for hydroxylation is 2. The summed E-state index contributed by atoms with van der Waals surface area (Å²) < 4.78 is 1.85. The number of aromatic amines is 1. The van der Waals surface area contributed by atoms with E-state index in [9.17, 15) is 4.79 Å². The monoisotopic (exact) mass is 418 g/mol. The Labute approximate surface area is 178 Å². The molecule has 7 nitrogen and oxygen atoms in total. The SMILES string of the molecule is Cc1ccc(-n2nc(C)c(NC(=O)CSc3n[nH]c(-c4ccccc4)n3)c2C)cc1. The Morgan fingerprint density at radius 3 is 2.53 bits per heavy atom. The van der Waals surface area contributed by atoms with Crippen LogP contribution in [-0.2, 0) is 4.79 Å². The number of carbonyl (C=O) groups excluding carboxylic acids is 1. The Morgan fingerprint density at radius 1 is 1.07 bits per heavy atom. The fraction of sp³-hybridized carbons (Fsp3) is 0.182. The van der Waals surface area contributed by atoms with Gasteiger partial charge in [-0.25, -0.2) is 9.67 Å². The predicted octanol–water partition coefficient (Wildman–Crippen LogP) is 4.31. The van der Waals surface area contributed by atoms with E-state index in [-0.39, 0.29) is 11.7 Å². The first-order valence-corrected chi connectivity index (χ1v) is 10.5. The van der Waals surface area contributed by atoms with Crippen molar-refractivity contribution in [1.82, 2.24) is 25.0 Å². The molecule has 8 heteroatoms. The van der Waals surface area contributed by atoms with Gasteiger partial charge in [-0.15, -0.1) is 5.10 Å². The molecule has 0 saturated carbocycles. The van der Waals surface area contributed by atoms with Gasteiger partial charge in [0.05, 0.1) is 28.5 Å². The minimum Gasteiger partial charge on any atom is -0.322 e. The van der Waals surface area contributed by atoms with Crippen molar-refractivity contribution in [2.45, 2.75) is 25.9 Å². The number of aromatic nitrogens is 5. The maximum absolute atomic E-state index is 12.5. The van der Waals surface area contributed by atoms with Crippen LogP contribution >= 0.6 is 11.8 Å². The van der Waals surface area contributed by atoms with Crippen LogP contribution in [-0.4, -0.2) is 36.6 Å². The van der Waals surface area contributed by atoms with Crippen LogP contribution in [0.1, 0.15) is 17.0 Å². The van der Waals surface area contributed by atoms with E-state index in [0.717, 1.165) is 28.3 Å². The third-order valence-corrected chi connectivity index (χ3v) is 5.53. The van der Waals surface area contributed by atoms with Crippen LogP contribution in [0.5, 0.6) is 0 Å². The maximum atomic E-state index is 12.5. The van der Waals surface area contributed by atoms with Crippen LogP contribution in [0.25, 0.3) is 17.1 Å². The second-order valence-electron chi connectivity index (χ2n) is 6.96. The Morgan fingerprint density at radius 2 is 1.80 bits per heavy atom. The number of nitrogens with one attached hydrogen (secondary N) is 2. The lowest BCUT2D eigenvalue weighted by molar-refractivity contribution is -0.113. The fourth-order valence-corrected chi connectivity index (χ4v) is 3.70. The van der Waals surface area contributed by atoms with Crippen LogP contribution < -0.4 is 5.32 Å². The number of nitrogens with zero attached hydrogens (tertiary/aromatic N) is 4. The van der Waals surface area contributed by atoms with Crippen LogP contribution in [0.3, 0.4) is 0 Å². The summed E-state index contributed by atoms with van der Waals surface area (Å²) in [5, 5.41) is 15.2. The number of hydrogen-bond acceptors (Lipinski definition) is 5. The Balaban J connectivity index is 1.41. The van der Waals surface area contributed by atoms with Gasteiger partial charge in [0.15, 0.2) is 5.82 Å². The first kappa shape index (κ1) is 19.9. The Hall–Kier alpha value is -3.39. The van der Waals surface area contributed by atoms with Crippen molar-refractivity contribution < 1.29 is 4.79 Å². The van der Waals surface area contributed by atoms with Crippen molar-refractivity contribution in [3.63, 3.8) is 0 Å². The van der Waals surface area contributed by atoms with Crippen molar-refractivity contribution in [3.05, 3.63) is 71.5 Å². The zero-order valence-electron chi connectivity index (χ0n) is 17.0. The van der Waals surface area contributed by atoms with E-state index in [0.29, 0.717) is 11.0 Å². The lowest BCUT2D eigenvalue weighted by atomic mass is 10.2. The summed E-state index contributed by atoms with van der Waals surface area (Å²) in [5.41, 5.74) is 5.50. The molecule has 0 aliphatic carbocycles. The second-order valence-corrected chi connectivity index (χ2v) is 7.91. The van der Waals surface area contributed by atoms with Crippen molar-refractivity contribution in [3.8, 4) is 17.1 Å². The molecule has 2 heterocycles. The van der Waals surface area contributed by atoms with Gasteiger partial charge < -0.3 is 5.32 Å². The van der Waals surface area contributed by atoms with Gasteiger partial charge in [-0.2, -0.15) is 5.10 Å². The highest BCUT2D eigenvalue weighted by Gasteiger charge is 2.16. The predicted molar refractivity (Wildman–Crippen MR) is 119 cm³/mol. The number of rotatable bonds is 6. The number of hydrogen-bond donors (Lipinski definition) is 2. The molecule has 4 rings (SSSR count). The molecule has 2 aromatic carbocycles. The van der Waals surface area contributed by atoms with E-state index < -0.39 is 0 Å². The van der Waals surface area contributed by atoms with Gasteiger partial charge in [-0.3, -0.25) is 9.89 Å². The zero-order valence-corrected chi connectivity index (χ0v) is 17.8. The first-order valence-electron chi connectivity index (χ1n) is 9.55. The second kappa shape index (κ2) is 8.54. The van der Waals surface area contributed by atoms with Crippen molar-refractivity contribution in [2.75, 3.05) is 11.1 Å². The third kappa shape index (κ3) is 4.28. The molecule has 0 spiro atoms. The van der Waals surface area contributed by atoms with Gasteiger partial charge >= 0.3 is 0 Å². The molecule has 30 heavy (non-hydrogen) atoms. The number of thioether (sulfide) groups is 1. The van der Waals surface area contributed by atoms with Gasteiger partial charge in [0, 0.05) is 5.56 Å². The smallest absolute Gasteiger partial charge is 0.234 e. The topological polar surface area (TPSA) is 88.5 Å². The summed E-state index contributed by atoms with van der Waals surface area (Å²) in [6, 6.07) is 17.9. The molecule has 1 amide bonds. The van der Waals surface area contributed by atoms with E-state index in [1.54, 1.807) is 0 Å². The highest BCUT2D eigenvalue weighted by Crippen LogP contribution is 2.24. The number of amides is 1. The highest BCUT2D eigenvalue weighted by atomic mass is 32.2. The summed E-state index contributed by atoms with van der Waals surface area (Å²) in [6.07, 6.45) is 0. The Kier molecular flexibility index (Phi) is 5.67. The summed E-state index contributed by atoms with van der Waals surface area (Å²) in [6.45, 7) is 5.89. The average molecular weight is 419 g/mol. The minimum absolute atomic E-state index is 0.124. The molecule has 0 radical (unpaired) electrons. The van der Waals surface area contributed by atoms with E-state index in [1.807, 2.05) is 80.1 Å². The molecule has 0 fully saturated rings. The minimum atomic E-state index is -0.124. The van der Waals surface area contributed by atoms with Crippen LogP contribution in [0.4, 0.5) is 5.69 Å². The molecule has 0 bridgehead atoms. The zero-order chi connectivity index (χ0) is 21.1. The summed E-state index contributed by atoms with van der Waals surface area (Å²) in [4.78, 5) is 17.0. The number of carbonyl (C=O) groups is 1. The van der Waals surface area contributed by atoms with E-state index >= 15 is 0 Å². The molecular weight excluding hydrogens is 396 g/mol. The van der Waals surface area contributed by atoms with Crippen LogP contribution in [0.15, 0.2) is 59.8 Å². The molecule has 0 saturated heterocycles. The molecular formula is C22H22N6OS. The van der Waals surface area contributed by atoms with Crippen molar-refractivity contribution >= 4 is 23.4 Å². The van der Waals surface area contributed by atoms with E-state index in [1.165, 1.54) is 17.3 Å². The van der Waals surface area contributed by atoms with Gasteiger partial charge in [0.1, 0.15) is 0 Å². The maximum Gasteiger partial charge on any atom is 0.234 e. The molecule has 2 N–H and O–H groups in total. The van der Waals surface area contributed by atoms with Gasteiger partial charge in [0.25, 0.3) is 0 Å². The fourth-order valence-electron chi connectivity index (χ4n) is 3.10. The normalized spacial score (nSPS) is 10.9. The summed E-state index contributed by atoms with van der Waals surface area (Å²) in [7, 11) is 0. The standard InChI is InChI=1S/C22H22N6OS/c1-14-9-11-18(12-10-14)28-16(3)20(15(2)27-28)23-19(29)13-30-22-24-21(25-26-22)17-7-5-4-6-8-17/h4-12H,13H2,1-3H3,(H,23,29)(H,24,25,26).